The van der Waals surface area contributed by atoms with Gasteiger partial charge in [0.1, 0.15) is 18.1 Å². The molecule has 0 saturated carbocycles. The molecule has 0 saturated heterocycles. The summed E-state index contributed by atoms with van der Waals surface area (Å²) in [6.45, 7) is 0.0903. The highest BCUT2D eigenvalue weighted by atomic mass is 32.2. The minimum Gasteiger partial charge on any atom is -0.492 e. The summed E-state index contributed by atoms with van der Waals surface area (Å²) in [5.74, 6) is 0.533. The van der Waals surface area contributed by atoms with E-state index in [1.54, 1.807) is 24.3 Å². The first-order chi connectivity index (χ1) is 12.6. The first-order valence-corrected chi connectivity index (χ1v) is 9.86. The van der Waals surface area contributed by atoms with Gasteiger partial charge in [-0.15, -0.1) is 0 Å². The minimum absolute atomic E-state index is 0.0903. The number of hydrogen-bond donors (Lipinski definition) is 2. The average molecular weight is 368 g/mol. The van der Waals surface area contributed by atoms with Crippen molar-refractivity contribution in [1.29, 1.82) is 0 Å². The van der Waals surface area contributed by atoms with E-state index in [1.165, 1.54) is 0 Å². The van der Waals surface area contributed by atoms with E-state index in [0.717, 1.165) is 11.4 Å². The predicted molar refractivity (Wildman–Crippen MR) is 106 cm³/mol. The molecule has 3 rings (SSSR count). The molecule has 3 aromatic carbocycles. The molecule has 0 heterocycles. The average Bonchev–Trinajstić information content (AvgIpc) is 2.65. The Bertz CT molecular complexity index is 912. The van der Waals surface area contributed by atoms with Gasteiger partial charge < -0.3 is 10.1 Å². The van der Waals surface area contributed by atoms with Crippen LogP contribution in [0.1, 0.15) is 0 Å². The molecule has 26 heavy (non-hydrogen) atoms. The fraction of sp³-hybridized carbons (Fsp3) is 0.100. The van der Waals surface area contributed by atoms with Crippen LogP contribution in [0.2, 0.25) is 0 Å². The zero-order valence-corrected chi connectivity index (χ0v) is 14.9. The fourth-order valence-corrected chi connectivity index (χ4v) is 3.23. The highest BCUT2D eigenvalue weighted by molar-refractivity contribution is 7.92. The molecule has 0 aliphatic heterocycles. The summed E-state index contributed by atoms with van der Waals surface area (Å²) in [5.41, 5.74) is 2.37. The number of hydrogen-bond acceptors (Lipinski definition) is 4. The van der Waals surface area contributed by atoms with Crippen molar-refractivity contribution >= 4 is 27.1 Å². The largest absolute Gasteiger partial charge is 0.492 e. The molecule has 5 nitrogen and oxygen atoms in total. The van der Waals surface area contributed by atoms with Crippen LogP contribution in [0, 0.1) is 0 Å². The Morgan fingerprint density at radius 1 is 0.692 bits per heavy atom. The Kier molecular flexibility index (Phi) is 5.76. The monoisotopic (exact) mass is 368 g/mol. The van der Waals surface area contributed by atoms with Crippen molar-refractivity contribution in [3.05, 3.63) is 84.9 Å². The first-order valence-electron chi connectivity index (χ1n) is 8.21. The number of anilines is 3. The number of ether oxygens (including phenoxy) is 1. The van der Waals surface area contributed by atoms with Gasteiger partial charge in [-0.05, 0) is 48.5 Å². The van der Waals surface area contributed by atoms with Crippen molar-refractivity contribution in [3.8, 4) is 5.75 Å². The number of rotatable bonds is 8. The van der Waals surface area contributed by atoms with Crippen molar-refractivity contribution in [2.24, 2.45) is 0 Å². The van der Waals surface area contributed by atoms with Crippen molar-refractivity contribution < 1.29 is 13.2 Å². The molecule has 0 aromatic heterocycles. The number of sulfonamides is 1. The minimum atomic E-state index is -3.47. The molecule has 3 aromatic rings. The van der Waals surface area contributed by atoms with Crippen LogP contribution in [0.5, 0.6) is 5.75 Å². The Hall–Kier alpha value is -2.99. The van der Waals surface area contributed by atoms with E-state index in [9.17, 15) is 8.42 Å². The lowest BCUT2D eigenvalue weighted by Gasteiger charge is -2.11. The standard InChI is InChI=1S/C20H20N2O3S/c23-26(24,16-15-25-20-9-5-2-6-10-20)22-19-13-11-18(12-14-19)21-17-7-3-1-4-8-17/h1-14,21-22H,15-16H2. The van der Waals surface area contributed by atoms with E-state index in [4.69, 9.17) is 4.74 Å². The summed E-state index contributed by atoms with van der Waals surface area (Å²) in [6, 6.07) is 26.0. The highest BCUT2D eigenvalue weighted by Gasteiger charge is 2.11. The van der Waals surface area contributed by atoms with E-state index in [-0.39, 0.29) is 12.4 Å². The Balaban J connectivity index is 1.52. The van der Waals surface area contributed by atoms with Gasteiger partial charge in [0.05, 0.1) is 0 Å². The van der Waals surface area contributed by atoms with Crippen LogP contribution in [0.15, 0.2) is 84.9 Å². The molecule has 134 valence electrons. The third-order valence-electron chi connectivity index (χ3n) is 3.58. The molecule has 0 unspecified atom stereocenters. The summed E-state index contributed by atoms with van der Waals surface area (Å²) >= 11 is 0. The topological polar surface area (TPSA) is 67.4 Å². The van der Waals surface area contributed by atoms with E-state index < -0.39 is 10.0 Å². The number of para-hydroxylation sites is 2. The van der Waals surface area contributed by atoms with Gasteiger partial charge in [0, 0.05) is 17.1 Å². The maximum absolute atomic E-state index is 12.2. The van der Waals surface area contributed by atoms with Crippen LogP contribution in [0.25, 0.3) is 0 Å². The lowest BCUT2D eigenvalue weighted by Crippen LogP contribution is -2.21. The van der Waals surface area contributed by atoms with Gasteiger partial charge in [0.25, 0.3) is 0 Å². The summed E-state index contributed by atoms with van der Waals surface area (Å²) in [5, 5.41) is 3.25. The lowest BCUT2D eigenvalue weighted by molar-refractivity contribution is 0.341. The van der Waals surface area contributed by atoms with Gasteiger partial charge in [-0.25, -0.2) is 8.42 Å². The molecule has 6 heteroatoms. The van der Waals surface area contributed by atoms with Gasteiger partial charge in [0.15, 0.2) is 0 Å². The van der Waals surface area contributed by atoms with Gasteiger partial charge >= 0.3 is 0 Å². The van der Waals surface area contributed by atoms with E-state index in [1.807, 2.05) is 60.7 Å². The van der Waals surface area contributed by atoms with Gasteiger partial charge in [0.2, 0.25) is 10.0 Å². The smallest absolute Gasteiger partial charge is 0.236 e. The van der Waals surface area contributed by atoms with Crippen molar-refractivity contribution in [2.75, 3.05) is 22.4 Å². The summed E-state index contributed by atoms with van der Waals surface area (Å²) in [6.07, 6.45) is 0. The van der Waals surface area contributed by atoms with Crippen molar-refractivity contribution in [1.82, 2.24) is 0 Å². The molecule has 0 amide bonds. The molecule has 0 radical (unpaired) electrons. The Labute approximate surface area is 153 Å². The predicted octanol–water partition coefficient (Wildman–Crippen LogP) is 4.25. The quantitative estimate of drug-likeness (QED) is 0.624. The second kappa shape index (κ2) is 8.40. The zero-order chi connectivity index (χ0) is 18.2. The van der Waals surface area contributed by atoms with Crippen molar-refractivity contribution in [2.45, 2.75) is 0 Å². The van der Waals surface area contributed by atoms with E-state index in [0.29, 0.717) is 11.4 Å². The molecular formula is C20H20N2O3S. The maximum atomic E-state index is 12.2. The summed E-state index contributed by atoms with van der Waals surface area (Å²) in [7, 11) is -3.47. The molecule has 0 aliphatic carbocycles. The van der Waals surface area contributed by atoms with Crippen LogP contribution in [-0.2, 0) is 10.0 Å². The molecule has 0 atom stereocenters. The third-order valence-corrected chi connectivity index (χ3v) is 4.84. The second-order valence-electron chi connectivity index (χ2n) is 5.65. The van der Waals surface area contributed by atoms with Crippen LogP contribution in [0.3, 0.4) is 0 Å². The fourth-order valence-electron chi connectivity index (χ4n) is 2.33. The van der Waals surface area contributed by atoms with Crippen LogP contribution in [0.4, 0.5) is 17.1 Å². The number of benzene rings is 3. The Morgan fingerprint density at radius 3 is 1.88 bits per heavy atom. The van der Waals surface area contributed by atoms with Crippen molar-refractivity contribution in [3.63, 3.8) is 0 Å². The maximum Gasteiger partial charge on any atom is 0.236 e. The third kappa shape index (κ3) is 5.53. The summed E-state index contributed by atoms with van der Waals surface area (Å²) in [4.78, 5) is 0. The molecule has 0 aliphatic rings. The van der Waals surface area contributed by atoms with Crippen LogP contribution >= 0.6 is 0 Å². The zero-order valence-electron chi connectivity index (χ0n) is 14.1. The van der Waals surface area contributed by atoms with Crippen LogP contribution < -0.4 is 14.8 Å². The normalized spacial score (nSPS) is 10.9. The summed E-state index contributed by atoms with van der Waals surface area (Å²) < 4.78 is 32.3. The molecule has 0 spiro atoms. The first kappa shape index (κ1) is 17.8. The molecule has 0 fully saturated rings. The highest BCUT2D eigenvalue weighted by Crippen LogP contribution is 2.19. The Morgan fingerprint density at radius 2 is 1.23 bits per heavy atom. The number of nitrogens with one attached hydrogen (secondary N) is 2. The molecule has 2 N–H and O–H groups in total. The SMILES string of the molecule is O=S(=O)(CCOc1ccccc1)Nc1ccc(Nc2ccccc2)cc1. The lowest BCUT2D eigenvalue weighted by atomic mass is 10.2. The van der Waals surface area contributed by atoms with E-state index in [2.05, 4.69) is 10.0 Å². The van der Waals surface area contributed by atoms with Gasteiger partial charge in [-0.3, -0.25) is 4.72 Å². The van der Waals surface area contributed by atoms with Gasteiger partial charge in [-0.1, -0.05) is 36.4 Å². The second-order valence-corrected chi connectivity index (χ2v) is 7.49. The molecule has 0 bridgehead atoms. The molecular weight excluding hydrogens is 348 g/mol. The van der Waals surface area contributed by atoms with Gasteiger partial charge in [-0.2, -0.15) is 0 Å². The van der Waals surface area contributed by atoms with Crippen LogP contribution in [-0.4, -0.2) is 20.8 Å². The van der Waals surface area contributed by atoms with E-state index >= 15 is 0 Å².